The van der Waals surface area contributed by atoms with E-state index in [-0.39, 0.29) is 26.4 Å². The summed E-state index contributed by atoms with van der Waals surface area (Å²) in [6.07, 6.45) is 0. The second-order valence-corrected chi connectivity index (χ2v) is 10.8. The first-order valence-corrected chi connectivity index (χ1v) is 12.7. The van der Waals surface area contributed by atoms with Crippen LogP contribution in [0.15, 0.2) is 62.9 Å². The molecule has 2 aromatic heterocycles. The minimum Gasteiger partial charge on any atom is -0.443 e. The molecule has 0 spiro atoms. The minimum absolute atomic E-state index is 0.00302. The van der Waals surface area contributed by atoms with Gasteiger partial charge >= 0.3 is 0 Å². The molecule has 0 aliphatic rings. The third-order valence-corrected chi connectivity index (χ3v) is 7.92. The predicted molar refractivity (Wildman–Crippen MR) is 122 cm³/mol. The van der Waals surface area contributed by atoms with Crippen LogP contribution in [-0.2, 0) is 27.1 Å². The van der Waals surface area contributed by atoms with E-state index in [2.05, 4.69) is 14.5 Å². The Bertz CT molecular complexity index is 1520. The molecule has 0 bridgehead atoms. The molecule has 168 valence electrons. The van der Waals surface area contributed by atoms with Gasteiger partial charge in [0.05, 0.1) is 22.8 Å². The SMILES string of the molecule is Cc1nn(C)c(C)c1S(=O)(=O)Nc1ccc(Cl)cc1NS(=O)(=O)c1cc2ccccc2o1. The van der Waals surface area contributed by atoms with E-state index in [0.717, 1.165) is 0 Å². The lowest BCUT2D eigenvalue weighted by Crippen LogP contribution is -2.18. The molecule has 0 radical (unpaired) electrons. The summed E-state index contributed by atoms with van der Waals surface area (Å²) in [5, 5.41) is 4.64. The lowest BCUT2D eigenvalue weighted by Gasteiger charge is -2.14. The van der Waals surface area contributed by atoms with Gasteiger partial charge in [-0.1, -0.05) is 29.8 Å². The maximum atomic E-state index is 13.1. The average molecular weight is 495 g/mol. The molecule has 2 aromatic carbocycles. The fourth-order valence-electron chi connectivity index (χ4n) is 3.31. The van der Waals surface area contributed by atoms with Crippen LogP contribution >= 0.6 is 11.6 Å². The van der Waals surface area contributed by atoms with Crippen LogP contribution in [0.25, 0.3) is 11.0 Å². The second kappa shape index (κ2) is 7.84. The van der Waals surface area contributed by atoms with Crippen LogP contribution in [0, 0.1) is 13.8 Å². The zero-order valence-corrected chi connectivity index (χ0v) is 19.6. The molecule has 12 heteroatoms. The van der Waals surface area contributed by atoms with E-state index in [4.69, 9.17) is 16.0 Å². The van der Waals surface area contributed by atoms with Crippen LogP contribution in [-0.4, -0.2) is 26.6 Å². The number of fused-ring (bicyclic) bond motifs is 1. The molecule has 4 rings (SSSR count). The van der Waals surface area contributed by atoms with Crippen molar-refractivity contribution >= 4 is 54.0 Å². The number of halogens is 1. The number of nitrogens with zero attached hydrogens (tertiary/aromatic N) is 2. The van der Waals surface area contributed by atoms with Gasteiger partial charge in [-0.25, -0.2) is 8.42 Å². The number of aromatic nitrogens is 2. The van der Waals surface area contributed by atoms with E-state index in [1.54, 1.807) is 45.2 Å². The van der Waals surface area contributed by atoms with Crippen molar-refractivity contribution in [2.75, 3.05) is 9.44 Å². The summed E-state index contributed by atoms with van der Waals surface area (Å²) in [6.45, 7) is 3.20. The van der Waals surface area contributed by atoms with Crippen molar-refractivity contribution in [3.63, 3.8) is 0 Å². The van der Waals surface area contributed by atoms with Crippen molar-refractivity contribution < 1.29 is 21.3 Å². The standard InChI is InChI=1S/C20H19ClN4O5S2/c1-12-20(13(2)25(3)22-12)32(28,29)23-16-9-8-15(21)11-17(16)24-31(26,27)19-10-14-6-4-5-7-18(14)30-19/h4-11,23-24H,1-3H3. The van der Waals surface area contributed by atoms with Crippen molar-refractivity contribution in [2.45, 2.75) is 23.8 Å². The normalized spacial score (nSPS) is 12.2. The summed E-state index contributed by atoms with van der Waals surface area (Å²) in [7, 11) is -6.60. The molecule has 0 saturated carbocycles. The molecule has 0 aliphatic carbocycles. The van der Waals surface area contributed by atoms with Gasteiger partial charge in [0.25, 0.3) is 20.0 Å². The average Bonchev–Trinajstić information content (AvgIpc) is 3.25. The first-order valence-electron chi connectivity index (χ1n) is 9.32. The third kappa shape index (κ3) is 4.06. The first kappa shape index (κ1) is 22.2. The van der Waals surface area contributed by atoms with Crippen molar-refractivity contribution in [1.82, 2.24) is 9.78 Å². The molecule has 2 N–H and O–H groups in total. The minimum atomic E-state index is -4.17. The Morgan fingerprint density at radius 3 is 2.28 bits per heavy atom. The molecule has 0 aliphatic heterocycles. The van der Waals surface area contributed by atoms with Gasteiger partial charge in [-0.3, -0.25) is 14.1 Å². The molecule has 0 unspecified atom stereocenters. The number of aryl methyl sites for hydroxylation is 2. The Morgan fingerprint density at radius 2 is 1.62 bits per heavy atom. The molecule has 9 nitrogen and oxygen atoms in total. The summed E-state index contributed by atoms with van der Waals surface area (Å²) in [5.41, 5.74) is 1.10. The van der Waals surface area contributed by atoms with Gasteiger partial charge < -0.3 is 4.42 Å². The van der Waals surface area contributed by atoms with Gasteiger partial charge in [0.15, 0.2) is 0 Å². The third-order valence-electron chi connectivity index (χ3n) is 4.85. The Kier molecular flexibility index (Phi) is 5.43. The van der Waals surface area contributed by atoms with Crippen LogP contribution in [0.3, 0.4) is 0 Å². The summed E-state index contributed by atoms with van der Waals surface area (Å²) >= 11 is 6.05. The lowest BCUT2D eigenvalue weighted by molar-refractivity contribution is 0.484. The van der Waals surface area contributed by atoms with Gasteiger partial charge in [-0.2, -0.15) is 13.5 Å². The van der Waals surface area contributed by atoms with Gasteiger partial charge in [-0.05, 0) is 38.1 Å². The van der Waals surface area contributed by atoms with E-state index < -0.39 is 20.0 Å². The highest BCUT2D eigenvalue weighted by Gasteiger charge is 2.26. The van der Waals surface area contributed by atoms with Gasteiger partial charge in [0.2, 0.25) is 5.09 Å². The molecule has 2 heterocycles. The second-order valence-electron chi connectivity index (χ2n) is 7.13. The molecule has 32 heavy (non-hydrogen) atoms. The van der Waals surface area contributed by atoms with E-state index in [1.807, 2.05) is 0 Å². The van der Waals surface area contributed by atoms with Crippen molar-refractivity contribution in [3.8, 4) is 0 Å². The van der Waals surface area contributed by atoms with Crippen molar-refractivity contribution in [3.05, 3.63) is 64.9 Å². The molecular weight excluding hydrogens is 476 g/mol. The first-order chi connectivity index (χ1) is 15.0. The van der Waals surface area contributed by atoms with E-state index in [0.29, 0.717) is 22.4 Å². The monoisotopic (exact) mass is 494 g/mol. The van der Waals surface area contributed by atoms with E-state index in [1.165, 1.54) is 28.9 Å². The quantitative estimate of drug-likeness (QED) is 0.417. The number of nitrogens with one attached hydrogen (secondary N) is 2. The summed E-state index contributed by atoms with van der Waals surface area (Å²) < 4.78 is 63.7. The summed E-state index contributed by atoms with van der Waals surface area (Å²) in [6, 6.07) is 12.4. The zero-order valence-electron chi connectivity index (χ0n) is 17.2. The van der Waals surface area contributed by atoms with Crippen molar-refractivity contribution in [1.29, 1.82) is 0 Å². The lowest BCUT2D eigenvalue weighted by atomic mass is 10.3. The maximum absolute atomic E-state index is 13.1. The van der Waals surface area contributed by atoms with E-state index >= 15 is 0 Å². The predicted octanol–water partition coefficient (Wildman–Crippen LogP) is 4.04. The summed E-state index contributed by atoms with van der Waals surface area (Å²) in [5.74, 6) is 0. The van der Waals surface area contributed by atoms with Crippen LogP contribution in [0.5, 0.6) is 0 Å². The number of furan rings is 1. The Labute approximate surface area is 190 Å². The highest BCUT2D eigenvalue weighted by molar-refractivity contribution is 7.93. The highest BCUT2D eigenvalue weighted by Crippen LogP contribution is 2.32. The molecule has 0 fully saturated rings. The van der Waals surface area contributed by atoms with Crippen LogP contribution in [0.4, 0.5) is 11.4 Å². The van der Waals surface area contributed by atoms with Gasteiger partial charge in [0.1, 0.15) is 10.5 Å². The Morgan fingerprint density at radius 1 is 0.938 bits per heavy atom. The zero-order chi connectivity index (χ0) is 23.3. The fourth-order valence-corrected chi connectivity index (χ4v) is 6.05. The topological polar surface area (TPSA) is 123 Å². The summed E-state index contributed by atoms with van der Waals surface area (Å²) in [4.78, 5) is 0.0149. The number of sulfonamides is 2. The smallest absolute Gasteiger partial charge is 0.295 e. The maximum Gasteiger partial charge on any atom is 0.295 e. The molecule has 0 amide bonds. The van der Waals surface area contributed by atoms with Crippen LogP contribution in [0.2, 0.25) is 5.02 Å². The van der Waals surface area contributed by atoms with Crippen LogP contribution in [0.1, 0.15) is 11.4 Å². The number of hydrogen-bond acceptors (Lipinski definition) is 6. The van der Waals surface area contributed by atoms with Gasteiger partial charge in [0, 0.05) is 23.5 Å². The number of anilines is 2. The van der Waals surface area contributed by atoms with Gasteiger partial charge in [-0.15, -0.1) is 0 Å². The number of para-hydroxylation sites is 1. The number of hydrogen-bond donors (Lipinski definition) is 2. The Hall–Kier alpha value is -3.02. The molecule has 0 saturated heterocycles. The van der Waals surface area contributed by atoms with Crippen molar-refractivity contribution in [2.24, 2.45) is 7.05 Å². The fraction of sp³-hybridized carbons (Fsp3) is 0.150. The number of benzene rings is 2. The largest absolute Gasteiger partial charge is 0.443 e. The Balaban J connectivity index is 1.72. The van der Waals surface area contributed by atoms with E-state index in [9.17, 15) is 16.8 Å². The number of rotatable bonds is 6. The highest BCUT2D eigenvalue weighted by atomic mass is 35.5. The molecule has 4 aromatic rings. The molecular formula is C20H19ClN4O5S2. The van der Waals surface area contributed by atoms with Crippen LogP contribution < -0.4 is 9.44 Å². The molecule has 0 atom stereocenters.